The van der Waals surface area contributed by atoms with Crippen LogP contribution in [-0.4, -0.2) is 93.1 Å². The molecule has 6 radical (unpaired) electrons. The van der Waals surface area contributed by atoms with E-state index in [1.807, 2.05) is 0 Å². The molecule has 0 saturated heterocycles. The molecule has 0 saturated carbocycles. The minimum atomic E-state index is -5.60. The van der Waals surface area contributed by atoms with Crippen LogP contribution in [0.25, 0.3) is 0 Å². The summed E-state index contributed by atoms with van der Waals surface area (Å²) in [7, 11) is -21.4. The van der Waals surface area contributed by atoms with E-state index in [1.165, 1.54) is 0 Å². The summed E-state index contributed by atoms with van der Waals surface area (Å²) in [4.78, 5) is 60.9. The van der Waals surface area contributed by atoms with Crippen LogP contribution in [0, 0.1) is 0 Å². The Bertz CT molecular complexity index is 574. The van der Waals surface area contributed by atoms with Crippen molar-refractivity contribution in [2.45, 2.75) is 11.2 Å². The van der Waals surface area contributed by atoms with E-state index in [-0.39, 0.29) is 71.7 Å². The second-order valence-electron chi connectivity index (χ2n) is 3.40. The minimum Gasteiger partial charge on any atom is -0.809 e. The van der Waals surface area contributed by atoms with Gasteiger partial charge < -0.3 is 57.8 Å². The van der Waals surface area contributed by atoms with Crippen LogP contribution in [0.15, 0.2) is 25.7 Å². The summed E-state index contributed by atoms with van der Waals surface area (Å²) in [5.41, 5.74) is -6.13. The van der Waals surface area contributed by atoms with E-state index in [1.54, 1.807) is 0 Å². The van der Waals surface area contributed by atoms with E-state index >= 15 is 0 Å². The Morgan fingerprint density at radius 3 is 0.963 bits per heavy atom. The third-order valence-electron chi connectivity index (χ3n) is 1.57. The standard InChI is InChI=1S/2C3H8O7P2.3Sn/c2*1-2-10-12(8,9)3(4)11(5,6)7;;;/h2*2-4H,1H2,(H,8,9)(H2,5,6,7);;;/q;;3*+2/p-6. The molecule has 0 aliphatic rings. The Kier molecular flexibility index (Phi) is 23.2. The zero-order valence-electron chi connectivity index (χ0n) is 12.8. The number of hydrogen-bond acceptors (Lipinski definition) is 14. The van der Waals surface area contributed by atoms with Crippen LogP contribution < -0.4 is 29.4 Å². The number of rotatable bonds is 8. The summed E-state index contributed by atoms with van der Waals surface area (Å²) in [5, 5.41) is 16.8. The normalized spacial score (nSPS) is 17.2. The zero-order valence-corrected chi connectivity index (χ0v) is 24.9. The summed E-state index contributed by atoms with van der Waals surface area (Å²) in [6, 6.07) is 0. The quantitative estimate of drug-likeness (QED) is 0.132. The van der Waals surface area contributed by atoms with Crippen LogP contribution in [0.2, 0.25) is 0 Å². The molecule has 4 atom stereocenters. The maximum absolute atomic E-state index is 10.5. The van der Waals surface area contributed by atoms with Gasteiger partial charge in [-0.25, -0.2) is 0 Å². The molecule has 150 valence electrons. The molecular formula is C6H10O14P4Sn3. The molecule has 0 aliphatic carbocycles. The average Bonchev–Trinajstić information content (AvgIpc) is 2.35. The van der Waals surface area contributed by atoms with E-state index in [0.717, 1.165) is 0 Å². The van der Waals surface area contributed by atoms with Gasteiger partial charge >= 0.3 is 71.7 Å². The molecule has 4 unspecified atom stereocenters. The molecule has 2 N–H and O–H groups in total. The first-order valence-electron chi connectivity index (χ1n) is 5.03. The third kappa shape index (κ3) is 16.4. The van der Waals surface area contributed by atoms with Crippen LogP contribution >= 0.6 is 30.4 Å². The van der Waals surface area contributed by atoms with Gasteiger partial charge in [-0.05, 0) is 15.2 Å². The monoisotopic (exact) mass is 790 g/mol. The van der Waals surface area contributed by atoms with Crippen molar-refractivity contribution in [2.24, 2.45) is 0 Å². The fraction of sp³-hybridized carbons (Fsp3) is 0.333. The smallest absolute Gasteiger partial charge is 0.809 e. The number of aliphatic hydroxyl groups is 2. The van der Waals surface area contributed by atoms with Gasteiger partial charge in [0.2, 0.25) is 15.2 Å². The largest absolute Gasteiger partial charge is 2.00 e. The molecule has 0 heterocycles. The van der Waals surface area contributed by atoms with E-state index in [2.05, 4.69) is 22.2 Å². The second-order valence-corrected chi connectivity index (χ2v) is 10.9. The van der Waals surface area contributed by atoms with Gasteiger partial charge in [-0.1, -0.05) is 13.2 Å². The summed E-state index contributed by atoms with van der Waals surface area (Å²) in [5.74, 6) is 0. The SMILES string of the molecule is C=COP(=O)([O-])C(O)P(=O)([O-])[O-].C=COP(=O)([O-])C(O)P(=O)([O-])[O-].[Sn+2].[Sn+2].[Sn+2]. The molecule has 0 bridgehead atoms. The number of aliphatic hydroxyl groups excluding tert-OH is 2. The molecule has 0 fully saturated rings. The molecule has 21 heteroatoms. The minimum absolute atomic E-state index is 0. The summed E-state index contributed by atoms with van der Waals surface area (Å²) >= 11 is 0. The molecule has 27 heavy (non-hydrogen) atoms. The molecular weight excluding hydrogens is 776 g/mol. The van der Waals surface area contributed by atoms with Crippen molar-refractivity contribution in [1.82, 2.24) is 0 Å². The molecule has 0 aliphatic heterocycles. The van der Waals surface area contributed by atoms with Crippen molar-refractivity contribution >= 4 is 102 Å². The van der Waals surface area contributed by atoms with Gasteiger partial charge in [-0.15, -0.1) is 0 Å². The topological polar surface area (TPSA) is 266 Å². The first kappa shape index (κ1) is 39.5. The Balaban J connectivity index is -0.000000108. The molecule has 0 amide bonds. The first-order chi connectivity index (χ1) is 10.4. The summed E-state index contributed by atoms with van der Waals surface area (Å²) in [6.45, 7) is 5.62. The molecule has 0 aromatic rings. The van der Waals surface area contributed by atoms with Crippen LogP contribution in [0.3, 0.4) is 0 Å². The van der Waals surface area contributed by atoms with E-state index in [4.69, 9.17) is 10.2 Å². The summed E-state index contributed by atoms with van der Waals surface area (Å²) in [6.07, 6.45) is 0.791. The van der Waals surface area contributed by atoms with Crippen molar-refractivity contribution < 1.29 is 66.9 Å². The fourth-order valence-corrected chi connectivity index (χ4v) is 4.39. The Labute approximate surface area is 204 Å². The Morgan fingerprint density at radius 2 is 0.852 bits per heavy atom. The first-order valence-corrected chi connectivity index (χ1v) is 11.5. The van der Waals surface area contributed by atoms with Gasteiger partial charge in [0.15, 0.2) is 11.2 Å². The van der Waals surface area contributed by atoms with Crippen molar-refractivity contribution in [1.29, 1.82) is 0 Å². The molecule has 0 aromatic heterocycles. The van der Waals surface area contributed by atoms with E-state index in [9.17, 15) is 47.6 Å². The third-order valence-corrected chi connectivity index (χ3v) is 8.12. The van der Waals surface area contributed by atoms with Crippen molar-refractivity contribution in [3.8, 4) is 0 Å². The number of hydrogen-bond donors (Lipinski definition) is 2. The fourth-order valence-electron chi connectivity index (χ4n) is 0.663. The Hall–Kier alpha value is 2.08. The van der Waals surface area contributed by atoms with Gasteiger partial charge in [0.25, 0.3) is 0 Å². The Morgan fingerprint density at radius 1 is 0.667 bits per heavy atom. The molecule has 14 nitrogen and oxygen atoms in total. The van der Waals surface area contributed by atoms with Crippen molar-refractivity contribution in [3.63, 3.8) is 0 Å². The van der Waals surface area contributed by atoms with Crippen molar-refractivity contribution in [2.75, 3.05) is 0 Å². The molecule has 0 aromatic carbocycles. The van der Waals surface area contributed by atoms with Crippen LogP contribution in [-0.2, 0) is 27.3 Å². The van der Waals surface area contributed by atoms with Crippen LogP contribution in [0.1, 0.15) is 0 Å². The second kappa shape index (κ2) is 15.8. The van der Waals surface area contributed by atoms with Gasteiger partial charge in [-0.2, -0.15) is 0 Å². The maximum atomic E-state index is 10.5. The van der Waals surface area contributed by atoms with E-state index in [0.29, 0.717) is 12.5 Å². The van der Waals surface area contributed by atoms with Crippen LogP contribution in [0.5, 0.6) is 0 Å². The predicted molar refractivity (Wildman–Crippen MR) is 82.3 cm³/mol. The predicted octanol–water partition coefficient (Wildman–Crippen LogP) is -5.36. The van der Waals surface area contributed by atoms with Gasteiger partial charge in [0, 0.05) is 0 Å². The molecule has 0 spiro atoms. The van der Waals surface area contributed by atoms with Gasteiger partial charge in [0.1, 0.15) is 0 Å². The van der Waals surface area contributed by atoms with E-state index < -0.39 is 41.6 Å². The van der Waals surface area contributed by atoms with Gasteiger partial charge in [-0.3, -0.25) is 9.13 Å². The van der Waals surface area contributed by atoms with Gasteiger partial charge in [0.05, 0.1) is 12.5 Å². The van der Waals surface area contributed by atoms with Crippen molar-refractivity contribution in [3.05, 3.63) is 25.7 Å². The summed E-state index contributed by atoms with van der Waals surface area (Å²) < 4.78 is 48.3. The average molecular weight is 786 g/mol. The van der Waals surface area contributed by atoms with Crippen LogP contribution in [0.4, 0.5) is 0 Å². The molecule has 0 rings (SSSR count). The zero-order chi connectivity index (χ0) is 20.0. The maximum Gasteiger partial charge on any atom is 2.00 e.